The summed E-state index contributed by atoms with van der Waals surface area (Å²) >= 11 is 9.10. The van der Waals surface area contributed by atoms with Crippen molar-refractivity contribution in [2.24, 2.45) is 0 Å². The number of amides is 1. The zero-order valence-corrected chi connectivity index (χ0v) is 14.0. The number of nitrogens with zero attached hydrogens (tertiary/aromatic N) is 1. The average molecular weight is 395 g/mol. The van der Waals surface area contributed by atoms with Crippen molar-refractivity contribution < 1.29 is 9.18 Å². The molecule has 0 saturated carbocycles. The van der Waals surface area contributed by atoms with E-state index in [-0.39, 0.29) is 11.4 Å². The number of carbonyl (C=O) groups excluding carboxylic acids is 1. The molecule has 0 atom stereocenters. The molecule has 4 nitrogen and oxygen atoms in total. The molecule has 0 aliphatic carbocycles. The molecule has 2 aromatic carbocycles. The minimum atomic E-state index is -0.526. The van der Waals surface area contributed by atoms with Gasteiger partial charge in [-0.2, -0.15) is 5.10 Å². The van der Waals surface area contributed by atoms with Crippen molar-refractivity contribution >= 4 is 39.1 Å². The van der Waals surface area contributed by atoms with E-state index in [4.69, 9.17) is 11.6 Å². The lowest BCUT2D eigenvalue weighted by molar-refractivity contribution is 0.102. The van der Waals surface area contributed by atoms with Crippen molar-refractivity contribution in [2.75, 3.05) is 5.32 Å². The van der Waals surface area contributed by atoms with Gasteiger partial charge >= 0.3 is 0 Å². The van der Waals surface area contributed by atoms with Crippen LogP contribution < -0.4 is 5.32 Å². The quantitative estimate of drug-likeness (QED) is 0.665. The molecule has 1 aromatic heterocycles. The van der Waals surface area contributed by atoms with Gasteiger partial charge in [-0.25, -0.2) is 4.39 Å². The first-order valence-corrected chi connectivity index (χ1v) is 7.78. The number of halogens is 3. The number of carbonyl (C=O) groups is 1. The molecule has 7 heteroatoms. The summed E-state index contributed by atoms with van der Waals surface area (Å²) < 4.78 is 14.4. The molecule has 0 aliphatic heterocycles. The molecule has 3 aromatic rings. The molecule has 23 heavy (non-hydrogen) atoms. The molecule has 0 spiro atoms. The Morgan fingerprint density at radius 3 is 2.78 bits per heavy atom. The van der Waals surface area contributed by atoms with Crippen molar-refractivity contribution in [3.05, 3.63) is 69.5 Å². The molecular formula is C16H10BrClFN3O. The van der Waals surface area contributed by atoms with Crippen LogP contribution in [-0.4, -0.2) is 16.1 Å². The molecule has 0 fully saturated rings. The van der Waals surface area contributed by atoms with Gasteiger partial charge in [0.15, 0.2) is 0 Å². The van der Waals surface area contributed by atoms with Crippen LogP contribution in [-0.2, 0) is 0 Å². The smallest absolute Gasteiger partial charge is 0.273 e. The molecule has 1 heterocycles. The lowest BCUT2D eigenvalue weighted by atomic mass is 10.1. The molecule has 116 valence electrons. The van der Waals surface area contributed by atoms with Crippen LogP contribution in [0.5, 0.6) is 0 Å². The third-order valence-corrected chi connectivity index (χ3v) is 3.85. The molecule has 0 unspecified atom stereocenters. The third kappa shape index (κ3) is 3.60. The maximum atomic E-state index is 13.8. The van der Waals surface area contributed by atoms with Gasteiger partial charge in [0.05, 0.1) is 11.4 Å². The first-order valence-electron chi connectivity index (χ1n) is 6.61. The molecule has 0 radical (unpaired) electrons. The highest BCUT2D eigenvalue weighted by molar-refractivity contribution is 9.10. The van der Waals surface area contributed by atoms with Crippen molar-refractivity contribution in [1.29, 1.82) is 0 Å². The van der Waals surface area contributed by atoms with Crippen molar-refractivity contribution in [1.82, 2.24) is 10.2 Å². The number of nitrogens with one attached hydrogen (secondary N) is 2. The van der Waals surface area contributed by atoms with Crippen LogP contribution in [0.1, 0.15) is 10.5 Å². The first kappa shape index (κ1) is 15.7. The van der Waals surface area contributed by atoms with Gasteiger partial charge in [0, 0.05) is 15.1 Å². The maximum Gasteiger partial charge on any atom is 0.273 e. The monoisotopic (exact) mass is 393 g/mol. The van der Waals surface area contributed by atoms with Gasteiger partial charge in [-0.05, 0) is 36.4 Å². The fourth-order valence-corrected chi connectivity index (χ4v) is 2.54. The second-order valence-electron chi connectivity index (χ2n) is 4.76. The summed E-state index contributed by atoms with van der Waals surface area (Å²) in [6, 6.07) is 13.1. The molecule has 0 saturated heterocycles. The number of benzene rings is 2. The predicted molar refractivity (Wildman–Crippen MR) is 91.1 cm³/mol. The number of aromatic nitrogens is 2. The fraction of sp³-hybridized carbons (Fsp3) is 0. The van der Waals surface area contributed by atoms with E-state index in [1.54, 1.807) is 30.3 Å². The Labute approximate surface area is 144 Å². The average Bonchev–Trinajstić information content (AvgIpc) is 3.00. The van der Waals surface area contributed by atoms with E-state index >= 15 is 0 Å². The van der Waals surface area contributed by atoms with Crippen LogP contribution in [0.4, 0.5) is 10.1 Å². The lowest BCUT2D eigenvalue weighted by Gasteiger charge is -2.05. The third-order valence-electron chi connectivity index (χ3n) is 3.12. The van der Waals surface area contributed by atoms with Crippen molar-refractivity contribution in [3.63, 3.8) is 0 Å². The zero-order chi connectivity index (χ0) is 16.4. The standard InChI is InChI=1S/C16H10BrClFN3O/c17-10-4-5-13(12(19)7-10)20-16(23)15-8-14(21-22-15)9-2-1-3-11(18)6-9/h1-8H,(H,20,23)(H,21,22). The van der Waals surface area contributed by atoms with Gasteiger partial charge in [-0.15, -0.1) is 0 Å². The molecule has 1 amide bonds. The summed E-state index contributed by atoms with van der Waals surface area (Å²) in [7, 11) is 0. The Hall–Kier alpha value is -2.18. The number of hydrogen-bond acceptors (Lipinski definition) is 2. The molecular weight excluding hydrogens is 385 g/mol. The minimum absolute atomic E-state index is 0.0945. The number of hydrogen-bond donors (Lipinski definition) is 2. The van der Waals surface area contributed by atoms with Crippen LogP contribution in [0.3, 0.4) is 0 Å². The summed E-state index contributed by atoms with van der Waals surface area (Å²) in [6.07, 6.45) is 0. The van der Waals surface area contributed by atoms with E-state index in [1.165, 1.54) is 12.1 Å². The summed E-state index contributed by atoms with van der Waals surface area (Å²) in [4.78, 5) is 12.2. The summed E-state index contributed by atoms with van der Waals surface area (Å²) in [5.74, 6) is -1.01. The molecule has 3 rings (SSSR count). The highest BCUT2D eigenvalue weighted by Gasteiger charge is 2.13. The fourth-order valence-electron chi connectivity index (χ4n) is 2.01. The van der Waals surface area contributed by atoms with Crippen LogP contribution in [0.25, 0.3) is 11.3 Å². The molecule has 0 aliphatic rings. The first-order chi connectivity index (χ1) is 11.0. The topological polar surface area (TPSA) is 57.8 Å². The van der Waals surface area contributed by atoms with Gasteiger partial charge in [-0.1, -0.05) is 39.7 Å². The predicted octanol–water partition coefficient (Wildman–Crippen LogP) is 4.88. The van der Waals surface area contributed by atoms with Gasteiger partial charge in [0.1, 0.15) is 11.5 Å². The Morgan fingerprint density at radius 2 is 2.04 bits per heavy atom. The van der Waals surface area contributed by atoms with Crippen LogP contribution in [0.2, 0.25) is 5.02 Å². The number of aromatic amines is 1. The van der Waals surface area contributed by atoms with E-state index in [0.717, 1.165) is 5.56 Å². The van der Waals surface area contributed by atoms with Crippen LogP contribution >= 0.6 is 27.5 Å². The summed E-state index contributed by atoms with van der Waals surface area (Å²) in [5.41, 5.74) is 1.68. The van der Waals surface area contributed by atoms with Gasteiger partial charge in [0.2, 0.25) is 0 Å². The summed E-state index contributed by atoms with van der Waals surface area (Å²) in [5, 5.41) is 9.79. The second kappa shape index (κ2) is 6.52. The number of anilines is 1. The SMILES string of the molecule is O=C(Nc1ccc(Br)cc1F)c1cc(-c2cccc(Cl)c2)n[nH]1. The van der Waals surface area contributed by atoms with E-state index < -0.39 is 11.7 Å². The molecule has 2 N–H and O–H groups in total. The Kier molecular flexibility index (Phi) is 4.45. The van der Waals surface area contributed by atoms with E-state index in [2.05, 4.69) is 31.4 Å². The van der Waals surface area contributed by atoms with E-state index in [9.17, 15) is 9.18 Å². The minimum Gasteiger partial charge on any atom is -0.318 e. The number of H-pyrrole nitrogens is 1. The largest absolute Gasteiger partial charge is 0.318 e. The summed E-state index contributed by atoms with van der Waals surface area (Å²) in [6.45, 7) is 0. The van der Waals surface area contributed by atoms with Crippen molar-refractivity contribution in [2.45, 2.75) is 0 Å². The lowest BCUT2D eigenvalue weighted by Crippen LogP contribution is -2.13. The second-order valence-corrected chi connectivity index (χ2v) is 6.11. The van der Waals surface area contributed by atoms with E-state index in [0.29, 0.717) is 15.2 Å². The Bertz CT molecular complexity index is 881. The van der Waals surface area contributed by atoms with Crippen molar-refractivity contribution in [3.8, 4) is 11.3 Å². The zero-order valence-electron chi connectivity index (χ0n) is 11.6. The Balaban J connectivity index is 1.81. The molecule has 0 bridgehead atoms. The van der Waals surface area contributed by atoms with E-state index in [1.807, 2.05) is 6.07 Å². The maximum absolute atomic E-state index is 13.8. The normalized spacial score (nSPS) is 10.6. The van der Waals surface area contributed by atoms with Crippen LogP contribution in [0.15, 0.2) is 53.0 Å². The van der Waals surface area contributed by atoms with Gasteiger partial charge in [-0.3, -0.25) is 9.89 Å². The number of rotatable bonds is 3. The van der Waals surface area contributed by atoms with Gasteiger partial charge in [0.25, 0.3) is 5.91 Å². The highest BCUT2D eigenvalue weighted by Crippen LogP contribution is 2.23. The van der Waals surface area contributed by atoms with Crippen LogP contribution in [0, 0.1) is 5.82 Å². The van der Waals surface area contributed by atoms with Gasteiger partial charge < -0.3 is 5.32 Å². The highest BCUT2D eigenvalue weighted by atomic mass is 79.9. The Morgan fingerprint density at radius 1 is 1.22 bits per heavy atom.